The predicted octanol–water partition coefficient (Wildman–Crippen LogP) is 3.32. The number of para-hydroxylation sites is 1. The zero-order valence-electron chi connectivity index (χ0n) is 16.5. The number of hydrogen-bond donors (Lipinski definition) is 1. The highest BCUT2D eigenvalue weighted by Crippen LogP contribution is 2.23. The highest BCUT2D eigenvalue weighted by atomic mass is 32.2. The van der Waals surface area contributed by atoms with Gasteiger partial charge >= 0.3 is 0 Å². The van der Waals surface area contributed by atoms with Crippen LogP contribution in [0.1, 0.15) is 25.9 Å². The van der Waals surface area contributed by atoms with Gasteiger partial charge in [0.2, 0.25) is 5.01 Å². The summed E-state index contributed by atoms with van der Waals surface area (Å²) >= 11 is 2.64. The molecule has 7 nitrogen and oxygen atoms in total. The van der Waals surface area contributed by atoms with Crippen molar-refractivity contribution in [1.82, 2.24) is 25.1 Å². The van der Waals surface area contributed by atoms with Crippen molar-refractivity contribution < 1.29 is 4.79 Å². The minimum Gasteiger partial charge on any atom is -0.346 e. The maximum atomic E-state index is 12.5. The molecule has 0 unspecified atom stereocenters. The molecule has 2 aromatic heterocycles. The molecular weight excluding hydrogens is 418 g/mol. The summed E-state index contributed by atoms with van der Waals surface area (Å²) in [5.74, 6) is 0.224. The SMILES string of the molecule is Cc1ccc(CNC(=O)c2nnc(CSc3nc4ccccc4c(=O)n3C)s2)cc1. The van der Waals surface area contributed by atoms with Gasteiger partial charge in [-0.25, -0.2) is 4.98 Å². The van der Waals surface area contributed by atoms with Crippen LogP contribution in [0.3, 0.4) is 0 Å². The quantitative estimate of drug-likeness (QED) is 0.368. The van der Waals surface area contributed by atoms with Crippen molar-refractivity contribution in [3.8, 4) is 0 Å². The zero-order valence-corrected chi connectivity index (χ0v) is 18.1. The molecule has 0 aliphatic heterocycles. The van der Waals surface area contributed by atoms with Gasteiger partial charge in [0.1, 0.15) is 5.01 Å². The first-order valence-electron chi connectivity index (χ1n) is 9.26. The molecule has 1 amide bonds. The molecule has 9 heteroatoms. The Morgan fingerprint density at radius 2 is 1.90 bits per heavy atom. The number of benzene rings is 2. The van der Waals surface area contributed by atoms with Gasteiger partial charge in [0.15, 0.2) is 5.16 Å². The molecule has 30 heavy (non-hydrogen) atoms. The summed E-state index contributed by atoms with van der Waals surface area (Å²) in [4.78, 5) is 29.4. The van der Waals surface area contributed by atoms with Crippen molar-refractivity contribution in [2.24, 2.45) is 7.05 Å². The standard InChI is InChI=1S/C21H19N5O2S2/c1-13-7-9-14(10-8-13)11-22-18(27)19-25-24-17(30-19)12-29-21-23-16-6-4-3-5-15(16)20(28)26(21)2/h3-10H,11-12H2,1-2H3,(H,22,27). The molecule has 4 rings (SSSR count). The highest BCUT2D eigenvalue weighted by molar-refractivity contribution is 7.98. The second-order valence-electron chi connectivity index (χ2n) is 6.73. The topological polar surface area (TPSA) is 89.8 Å². The van der Waals surface area contributed by atoms with E-state index in [2.05, 4.69) is 20.5 Å². The van der Waals surface area contributed by atoms with Crippen molar-refractivity contribution in [3.05, 3.63) is 80.0 Å². The molecule has 0 saturated carbocycles. The van der Waals surface area contributed by atoms with E-state index in [0.717, 1.165) is 5.56 Å². The Labute approximate surface area is 181 Å². The van der Waals surface area contributed by atoms with Crippen LogP contribution in [-0.4, -0.2) is 25.7 Å². The normalized spacial score (nSPS) is 11.0. The summed E-state index contributed by atoms with van der Waals surface area (Å²) in [6.45, 7) is 2.46. The first kappa shape index (κ1) is 20.2. The molecule has 0 fully saturated rings. The van der Waals surface area contributed by atoms with Gasteiger partial charge < -0.3 is 5.32 Å². The van der Waals surface area contributed by atoms with Gasteiger partial charge in [-0.2, -0.15) is 0 Å². The molecule has 0 spiro atoms. The molecule has 0 bridgehead atoms. The van der Waals surface area contributed by atoms with Gasteiger partial charge in [0.25, 0.3) is 11.5 Å². The Morgan fingerprint density at radius 1 is 1.13 bits per heavy atom. The van der Waals surface area contributed by atoms with Crippen molar-refractivity contribution in [2.75, 3.05) is 0 Å². The van der Waals surface area contributed by atoms with Crippen LogP contribution in [0.15, 0.2) is 58.5 Å². The number of thioether (sulfide) groups is 1. The summed E-state index contributed by atoms with van der Waals surface area (Å²) < 4.78 is 1.53. The Morgan fingerprint density at radius 3 is 2.70 bits per heavy atom. The minimum atomic E-state index is -0.249. The van der Waals surface area contributed by atoms with Crippen LogP contribution in [0, 0.1) is 6.92 Å². The summed E-state index contributed by atoms with van der Waals surface area (Å²) in [5.41, 5.74) is 2.78. The molecular formula is C21H19N5O2S2. The van der Waals surface area contributed by atoms with Gasteiger partial charge in [-0.15, -0.1) is 10.2 Å². The fourth-order valence-corrected chi connectivity index (χ4v) is 4.53. The number of carbonyl (C=O) groups is 1. The third-order valence-electron chi connectivity index (χ3n) is 4.50. The number of aromatic nitrogens is 4. The van der Waals surface area contributed by atoms with Crippen molar-refractivity contribution in [3.63, 3.8) is 0 Å². The molecule has 4 aromatic rings. The van der Waals surface area contributed by atoms with Crippen LogP contribution in [0.4, 0.5) is 0 Å². The predicted molar refractivity (Wildman–Crippen MR) is 119 cm³/mol. The Kier molecular flexibility index (Phi) is 5.91. The second kappa shape index (κ2) is 8.76. The summed E-state index contributed by atoms with van der Waals surface area (Å²) in [7, 11) is 1.70. The molecule has 0 saturated heterocycles. The number of nitrogens with one attached hydrogen (secondary N) is 1. The molecule has 1 N–H and O–H groups in total. The van der Waals surface area contributed by atoms with Crippen LogP contribution < -0.4 is 10.9 Å². The van der Waals surface area contributed by atoms with Gasteiger partial charge in [-0.1, -0.05) is 65.1 Å². The lowest BCUT2D eigenvalue weighted by Crippen LogP contribution is -2.22. The van der Waals surface area contributed by atoms with Crippen molar-refractivity contribution in [1.29, 1.82) is 0 Å². The van der Waals surface area contributed by atoms with Gasteiger partial charge in [-0.3, -0.25) is 14.2 Å². The average Bonchev–Trinajstić information content (AvgIpc) is 3.24. The number of carbonyl (C=O) groups excluding carboxylic acids is 1. The monoisotopic (exact) mass is 437 g/mol. The van der Waals surface area contributed by atoms with E-state index in [0.29, 0.717) is 38.4 Å². The number of fused-ring (bicyclic) bond motifs is 1. The van der Waals surface area contributed by atoms with Gasteiger partial charge in [0, 0.05) is 13.6 Å². The summed E-state index contributed by atoms with van der Waals surface area (Å²) in [5, 5.41) is 13.2. The largest absolute Gasteiger partial charge is 0.346 e. The minimum absolute atomic E-state index is 0.0865. The maximum Gasteiger partial charge on any atom is 0.282 e. The number of amides is 1. The molecule has 0 atom stereocenters. The second-order valence-corrected chi connectivity index (χ2v) is 8.74. The average molecular weight is 438 g/mol. The molecule has 152 valence electrons. The van der Waals surface area contributed by atoms with E-state index >= 15 is 0 Å². The molecule has 0 aliphatic rings. The van der Waals surface area contributed by atoms with E-state index in [1.165, 1.54) is 33.2 Å². The van der Waals surface area contributed by atoms with Gasteiger partial charge in [0.05, 0.1) is 16.7 Å². The Balaban J connectivity index is 1.40. The number of nitrogens with zero attached hydrogens (tertiary/aromatic N) is 4. The Bertz CT molecular complexity index is 1260. The fraction of sp³-hybridized carbons (Fsp3) is 0.190. The first-order valence-corrected chi connectivity index (χ1v) is 11.1. The van der Waals surface area contributed by atoms with Crippen molar-refractivity contribution >= 4 is 39.9 Å². The zero-order chi connectivity index (χ0) is 21.1. The number of aryl methyl sites for hydroxylation is 1. The van der Waals surface area contributed by atoms with Crippen LogP contribution in [0.2, 0.25) is 0 Å². The maximum absolute atomic E-state index is 12.5. The number of rotatable bonds is 6. The smallest absolute Gasteiger partial charge is 0.282 e. The molecule has 0 radical (unpaired) electrons. The lowest BCUT2D eigenvalue weighted by molar-refractivity contribution is 0.0950. The van der Waals surface area contributed by atoms with Crippen LogP contribution in [0.25, 0.3) is 10.9 Å². The third-order valence-corrected chi connectivity index (χ3v) is 6.65. The summed E-state index contributed by atoms with van der Waals surface area (Å²) in [6.07, 6.45) is 0. The van der Waals surface area contributed by atoms with Crippen LogP contribution in [-0.2, 0) is 19.3 Å². The fourth-order valence-electron chi connectivity index (χ4n) is 2.82. The molecule has 0 aliphatic carbocycles. The van der Waals surface area contributed by atoms with E-state index in [-0.39, 0.29) is 11.5 Å². The lowest BCUT2D eigenvalue weighted by atomic mass is 10.1. The van der Waals surface area contributed by atoms with E-state index < -0.39 is 0 Å². The summed E-state index contributed by atoms with van der Waals surface area (Å²) in [6, 6.07) is 15.3. The highest BCUT2D eigenvalue weighted by Gasteiger charge is 2.14. The van der Waals surface area contributed by atoms with Crippen molar-refractivity contribution in [2.45, 2.75) is 24.4 Å². The van der Waals surface area contributed by atoms with E-state index in [1.807, 2.05) is 49.4 Å². The van der Waals surface area contributed by atoms with Crippen LogP contribution in [0.5, 0.6) is 0 Å². The van der Waals surface area contributed by atoms with E-state index in [9.17, 15) is 9.59 Å². The van der Waals surface area contributed by atoms with Gasteiger partial charge in [-0.05, 0) is 24.6 Å². The van der Waals surface area contributed by atoms with E-state index in [1.54, 1.807) is 13.1 Å². The molecule has 2 aromatic carbocycles. The van der Waals surface area contributed by atoms with Crippen LogP contribution >= 0.6 is 23.1 Å². The Hall–Kier alpha value is -3.04. The number of hydrogen-bond acceptors (Lipinski definition) is 7. The third kappa shape index (κ3) is 4.42. The lowest BCUT2D eigenvalue weighted by Gasteiger charge is -2.07. The molecule has 2 heterocycles. The van der Waals surface area contributed by atoms with E-state index in [4.69, 9.17) is 0 Å². The first-order chi connectivity index (χ1) is 14.5.